The first kappa shape index (κ1) is 23.2. The molecule has 0 aliphatic carbocycles. The molecule has 0 unspecified atom stereocenters. The van der Waals surface area contributed by atoms with Crippen LogP contribution >= 0.6 is 0 Å². The number of carbonyl (C=O) groups is 1. The number of ether oxygens (including phenoxy) is 2. The van der Waals surface area contributed by atoms with Gasteiger partial charge in [-0.2, -0.15) is 0 Å². The number of likely N-dealkylation sites (tertiary alicyclic amines) is 1. The number of amides is 1. The van der Waals surface area contributed by atoms with E-state index >= 15 is 0 Å². The molecule has 0 aromatic heterocycles. The van der Waals surface area contributed by atoms with Crippen molar-refractivity contribution in [2.75, 3.05) is 37.3 Å². The summed E-state index contributed by atoms with van der Waals surface area (Å²) in [7, 11) is -3.16. The second kappa shape index (κ2) is 9.09. The second-order valence-corrected chi connectivity index (χ2v) is 11.4. The molecule has 3 aliphatic heterocycles. The first-order valence-corrected chi connectivity index (χ1v) is 13.5. The van der Waals surface area contributed by atoms with E-state index in [1.54, 1.807) is 4.90 Å². The Morgan fingerprint density at radius 2 is 1.84 bits per heavy atom. The summed E-state index contributed by atoms with van der Waals surface area (Å²) < 4.78 is 37.5. The summed E-state index contributed by atoms with van der Waals surface area (Å²) in [5, 5.41) is 0. The molecule has 0 atom stereocenters. The highest BCUT2D eigenvalue weighted by Crippen LogP contribution is 2.41. The first-order valence-electron chi connectivity index (χ1n) is 11.6. The number of rotatable bonds is 4. The van der Waals surface area contributed by atoms with Crippen molar-refractivity contribution in [1.29, 1.82) is 0 Å². The second-order valence-electron chi connectivity index (χ2n) is 9.65. The van der Waals surface area contributed by atoms with Gasteiger partial charge in [-0.3, -0.25) is 0 Å². The van der Waals surface area contributed by atoms with Gasteiger partial charge in [0.15, 0.2) is 0 Å². The lowest BCUT2D eigenvalue weighted by atomic mass is 9.83. The third-order valence-corrected chi connectivity index (χ3v) is 7.49. The highest BCUT2D eigenvalue weighted by atomic mass is 32.2. The van der Waals surface area contributed by atoms with Crippen molar-refractivity contribution < 1.29 is 22.7 Å². The van der Waals surface area contributed by atoms with Crippen LogP contribution in [0.5, 0.6) is 5.75 Å². The summed E-state index contributed by atoms with van der Waals surface area (Å²) in [5.74, 6) is 0.951. The Morgan fingerprint density at radius 1 is 1.16 bits per heavy atom. The summed E-state index contributed by atoms with van der Waals surface area (Å²) in [6, 6.07) is 6.43. The van der Waals surface area contributed by atoms with Crippen LogP contribution in [-0.2, 0) is 21.2 Å². The Kier molecular flexibility index (Phi) is 6.58. The molecule has 3 aliphatic rings. The van der Waals surface area contributed by atoms with Crippen LogP contribution in [0.25, 0.3) is 0 Å². The van der Waals surface area contributed by atoms with Gasteiger partial charge in [0, 0.05) is 50.7 Å². The van der Waals surface area contributed by atoms with E-state index < -0.39 is 10.0 Å². The fourth-order valence-electron chi connectivity index (χ4n) is 4.99. The molecule has 0 bridgehead atoms. The maximum absolute atomic E-state index is 12.2. The molecule has 0 radical (unpaired) electrons. The van der Waals surface area contributed by atoms with Crippen molar-refractivity contribution >= 4 is 21.8 Å². The van der Waals surface area contributed by atoms with Crippen LogP contribution in [0.4, 0.5) is 10.5 Å². The average molecular weight is 466 g/mol. The van der Waals surface area contributed by atoms with Gasteiger partial charge in [-0.25, -0.2) is 17.9 Å². The molecule has 1 N–H and O–H groups in total. The van der Waals surface area contributed by atoms with Gasteiger partial charge in [-0.15, -0.1) is 0 Å². The molecule has 178 valence electrons. The largest absolute Gasteiger partial charge is 0.487 e. The molecule has 32 heavy (non-hydrogen) atoms. The molecule has 0 saturated carbocycles. The third kappa shape index (κ3) is 5.49. The molecule has 1 spiro atoms. The van der Waals surface area contributed by atoms with E-state index in [0.717, 1.165) is 57.4 Å². The predicted molar refractivity (Wildman–Crippen MR) is 124 cm³/mol. The normalized spacial score (nSPS) is 21.4. The molecule has 3 heterocycles. The van der Waals surface area contributed by atoms with Crippen molar-refractivity contribution in [3.63, 3.8) is 0 Å². The minimum atomic E-state index is -3.16. The zero-order chi connectivity index (χ0) is 22.9. The zero-order valence-corrected chi connectivity index (χ0v) is 20.1. The molecule has 8 nitrogen and oxygen atoms in total. The van der Waals surface area contributed by atoms with Crippen LogP contribution in [0.1, 0.15) is 51.5 Å². The van der Waals surface area contributed by atoms with Crippen LogP contribution < -0.4 is 14.4 Å². The number of benzene rings is 1. The Labute approximate surface area is 191 Å². The lowest BCUT2D eigenvalue weighted by molar-refractivity contribution is -0.0173. The predicted octanol–water partition coefficient (Wildman–Crippen LogP) is 2.91. The SMILES string of the molecule is CC(C)OC(=O)N1CCC2(CCc3cc(N4CCC(NS(C)(=O)=O)CC4)ccc3O2)CC1. The van der Waals surface area contributed by atoms with Crippen LogP contribution in [0.15, 0.2) is 18.2 Å². The molecular formula is C23H35N3O5S. The first-order chi connectivity index (χ1) is 15.1. The lowest BCUT2D eigenvalue weighted by Gasteiger charge is -2.44. The summed E-state index contributed by atoms with van der Waals surface area (Å²) in [4.78, 5) is 16.3. The summed E-state index contributed by atoms with van der Waals surface area (Å²) in [6.45, 7) is 6.73. The molecule has 4 rings (SSSR count). The minimum absolute atomic E-state index is 0.0192. The number of carbonyl (C=O) groups excluding carboxylic acids is 1. The number of nitrogens with one attached hydrogen (secondary N) is 1. The van der Waals surface area contributed by atoms with Crippen molar-refractivity contribution in [2.45, 2.75) is 70.1 Å². The van der Waals surface area contributed by atoms with Gasteiger partial charge in [-0.1, -0.05) is 0 Å². The van der Waals surface area contributed by atoms with Crippen molar-refractivity contribution in [3.05, 3.63) is 23.8 Å². The van der Waals surface area contributed by atoms with E-state index in [0.29, 0.717) is 13.1 Å². The number of hydrogen-bond donors (Lipinski definition) is 1. The lowest BCUT2D eigenvalue weighted by Crippen LogP contribution is -2.51. The highest BCUT2D eigenvalue weighted by Gasteiger charge is 2.41. The molecule has 1 aromatic carbocycles. The van der Waals surface area contributed by atoms with E-state index in [-0.39, 0.29) is 23.8 Å². The molecule has 9 heteroatoms. The maximum atomic E-state index is 12.2. The number of anilines is 1. The smallest absolute Gasteiger partial charge is 0.410 e. The Bertz CT molecular complexity index is 933. The van der Waals surface area contributed by atoms with Gasteiger partial charge in [0.25, 0.3) is 0 Å². The molecule has 2 fully saturated rings. The summed E-state index contributed by atoms with van der Waals surface area (Å²) in [5.41, 5.74) is 2.21. The molecule has 1 amide bonds. The summed E-state index contributed by atoms with van der Waals surface area (Å²) >= 11 is 0. The topological polar surface area (TPSA) is 88.2 Å². The van der Waals surface area contributed by atoms with Crippen LogP contribution in [0, 0.1) is 0 Å². The maximum Gasteiger partial charge on any atom is 0.410 e. The number of fused-ring (bicyclic) bond motifs is 1. The van der Waals surface area contributed by atoms with Gasteiger partial charge in [0.05, 0.1) is 12.4 Å². The quantitative estimate of drug-likeness (QED) is 0.736. The number of nitrogens with zero attached hydrogens (tertiary/aromatic N) is 2. The van der Waals surface area contributed by atoms with E-state index in [1.807, 2.05) is 13.8 Å². The number of sulfonamides is 1. The standard InChI is InChI=1S/C23H35N3O5S/c1-17(2)30-22(27)26-14-10-23(11-15-26)9-6-18-16-20(4-5-21(18)31-23)25-12-7-19(8-13-25)24-32(3,28)29/h4-5,16-17,19,24H,6-15H2,1-3H3. The average Bonchev–Trinajstić information content (AvgIpc) is 2.73. The highest BCUT2D eigenvalue weighted by molar-refractivity contribution is 7.88. The van der Waals surface area contributed by atoms with Crippen molar-refractivity contribution in [1.82, 2.24) is 9.62 Å². The molecular weight excluding hydrogens is 430 g/mol. The van der Waals surface area contributed by atoms with Crippen LogP contribution in [0.2, 0.25) is 0 Å². The number of aryl methyl sites for hydroxylation is 1. The van der Waals surface area contributed by atoms with Gasteiger partial charge in [0.1, 0.15) is 11.4 Å². The summed E-state index contributed by atoms with van der Waals surface area (Å²) in [6.07, 6.45) is 6.06. The number of hydrogen-bond acceptors (Lipinski definition) is 6. The number of piperidine rings is 2. The minimum Gasteiger partial charge on any atom is -0.487 e. The van der Waals surface area contributed by atoms with E-state index in [1.165, 1.54) is 17.5 Å². The van der Waals surface area contributed by atoms with Crippen LogP contribution in [-0.4, -0.2) is 69.6 Å². The monoisotopic (exact) mass is 465 g/mol. The third-order valence-electron chi connectivity index (χ3n) is 6.73. The van der Waals surface area contributed by atoms with Gasteiger partial charge in [0.2, 0.25) is 10.0 Å². The van der Waals surface area contributed by atoms with E-state index in [4.69, 9.17) is 9.47 Å². The Balaban J connectivity index is 1.34. The van der Waals surface area contributed by atoms with E-state index in [2.05, 4.69) is 27.8 Å². The van der Waals surface area contributed by atoms with Crippen molar-refractivity contribution in [3.8, 4) is 5.75 Å². The zero-order valence-electron chi connectivity index (χ0n) is 19.3. The van der Waals surface area contributed by atoms with Crippen molar-refractivity contribution in [2.24, 2.45) is 0 Å². The Morgan fingerprint density at radius 3 is 2.47 bits per heavy atom. The molecule has 2 saturated heterocycles. The van der Waals surface area contributed by atoms with Gasteiger partial charge in [-0.05, 0) is 63.3 Å². The van der Waals surface area contributed by atoms with Crippen LogP contribution in [0.3, 0.4) is 0 Å². The van der Waals surface area contributed by atoms with E-state index in [9.17, 15) is 13.2 Å². The van der Waals surface area contributed by atoms with Gasteiger partial charge >= 0.3 is 6.09 Å². The molecule has 1 aromatic rings. The fourth-order valence-corrected chi connectivity index (χ4v) is 5.83. The fraction of sp³-hybridized carbons (Fsp3) is 0.696. The van der Waals surface area contributed by atoms with Gasteiger partial charge < -0.3 is 19.3 Å². The Hall–Kier alpha value is -2.00.